The Hall–Kier alpha value is -1.07. The lowest BCUT2D eigenvalue weighted by Gasteiger charge is -2.21. The molecule has 0 radical (unpaired) electrons. The van der Waals surface area contributed by atoms with Crippen molar-refractivity contribution in [1.29, 1.82) is 0 Å². The van der Waals surface area contributed by atoms with Crippen molar-refractivity contribution in [2.45, 2.75) is 0 Å². The predicted octanol–water partition coefficient (Wildman–Crippen LogP) is 0.925. The zero-order valence-electron chi connectivity index (χ0n) is 7.39. The average molecular weight is 200 g/mol. The molecule has 13 heavy (non-hydrogen) atoms. The predicted molar refractivity (Wildman–Crippen MR) is 50.3 cm³/mol. The minimum atomic E-state index is -2.23. The zero-order valence-corrected chi connectivity index (χ0v) is 8.21. The van der Waals surface area contributed by atoms with E-state index in [0.29, 0.717) is 11.4 Å². The van der Waals surface area contributed by atoms with Gasteiger partial charge in [-0.25, -0.2) is 0 Å². The first kappa shape index (κ1) is 10.0. The normalized spacial score (nSPS) is 12.2. The molecule has 72 valence electrons. The van der Waals surface area contributed by atoms with E-state index >= 15 is 0 Å². The average Bonchev–Trinajstić information content (AvgIpc) is 2.17. The summed E-state index contributed by atoms with van der Waals surface area (Å²) >= 11 is -2.23. The largest absolute Gasteiger partial charge is 0.755 e. The molecule has 1 atom stereocenters. The molecule has 0 aromatic heterocycles. The highest BCUT2D eigenvalue weighted by Gasteiger charge is 1.99. The standard InChI is InChI=1S/C8H11NO3S/c1-9(13(10)11)7-3-5-8(12-2)6-4-7/h3-6H,1-2H3,(H,10,11)/p-1. The lowest BCUT2D eigenvalue weighted by atomic mass is 10.3. The summed E-state index contributed by atoms with van der Waals surface area (Å²) in [6.07, 6.45) is 0. The smallest absolute Gasteiger partial charge is 0.119 e. The lowest BCUT2D eigenvalue weighted by Crippen LogP contribution is -2.19. The van der Waals surface area contributed by atoms with E-state index in [9.17, 15) is 8.76 Å². The molecule has 0 aliphatic rings. The molecule has 0 aliphatic carbocycles. The Kier molecular flexibility index (Phi) is 3.27. The number of hydrogen-bond donors (Lipinski definition) is 0. The molecule has 0 heterocycles. The van der Waals surface area contributed by atoms with Crippen LogP contribution in [0.3, 0.4) is 0 Å². The summed E-state index contributed by atoms with van der Waals surface area (Å²) < 4.78 is 27.2. The highest BCUT2D eigenvalue weighted by atomic mass is 32.2. The minimum absolute atomic E-state index is 0.606. The summed E-state index contributed by atoms with van der Waals surface area (Å²) in [6, 6.07) is 6.76. The number of methoxy groups -OCH3 is 1. The monoisotopic (exact) mass is 200 g/mol. The Morgan fingerprint density at radius 2 is 1.92 bits per heavy atom. The van der Waals surface area contributed by atoms with Crippen LogP contribution in [0.1, 0.15) is 0 Å². The third-order valence-electron chi connectivity index (χ3n) is 1.66. The fourth-order valence-electron chi connectivity index (χ4n) is 0.878. The van der Waals surface area contributed by atoms with Gasteiger partial charge in [-0.3, -0.25) is 4.21 Å². The van der Waals surface area contributed by atoms with Gasteiger partial charge in [-0.2, -0.15) is 0 Å². The number of nitrogens with zero attached hydrogens (tertiary/aromatic N) is 1. The fraction of sp³-hybridized carbons (Fsp3) is 0.250. The molecule has 0 aliphatic heterocycles. The van der Waals surface area contributed by atoms with Crippen molar-refractivity contribution in [1.82, 2.24) is 0 Å². The SMILES string of the molecule is COc1ccc(N(C)S(=O)[O-])cc1. The van der Waals surface area contributed by atoms with Crippen molar-refractivity contribution in [2.24, 2.45) is 0 Å². The molecule has 0 fully saturated rings. The van der Waals surface area contributed by atoms with Crippen LogP contribution in [0, 0.1) is 0 Å². The molecule has 0 spiro atoms. The molecule has 0 saturated carbocycles. The Morgan fingerprint density at radius 3 is 2.31 bits per heavy atom. The maximum absolute atomic E-state index is 10.5. The van der Waals surface area contributed by atoms with Crippen LogP contribution in [0.2, 0.25) is 0 Å². The van der Waals surface area contributed by atoms with Gasteiger partial charge < -0.3 is 13.6 Å². The summed E-state index contributed by atoms with van der Waals surface area (Å²) in [7, 11) is 3.04. The van der Waals surface area contributed by atoms with Crippen LogP contribution in [0.25, 0.3) is 0 Å². The molecule has 1 aromatic carbocycles. The van der Waals surface area contributed by atoms with Crippen LogP contribution in [-0.4, -0.2) is 22.9 Å². The second-order valence-corrected chi connectivity index (χ2v) is 3.39. The molecule has 0 bridgehead atoms. The van der Waals surface area contributed by atoms with E-state index in [1.54, 1.807) is 31.4 Å². The Balaban J connectivity index is 2.85. The number of benzene rings is 1. The first-order valence-electron chi connectivity index (χ1n) is 3.62. The van der Waals surface area contributed by atoms with Crippen LogP contribution >= 0.6 is 0 Å². The second kappa shape index (κ2) is 4.25. The summed E-state index contributed by atoms with van der Waals surface area (Å²) in [4.78, 5) is 0. The Bertz CT molecular complexity index is 299. The van der Waals surface area contributed by atoms with Crippen molar-refractivity contribution in [3.8, 4) is 5.75 Å². The quantitative estimate of drug-likeness (QED) is 0.682. The molecule has 5 heteroatoms. The van der Waals surface area contributed by atoms with E-state index in [-0.39, 0.29) is 0 Å². The summed E-state index contributed by atoms with van der Waals surface area (Å²) in [5.41, 5.74) is 0.606. The van der Waals surface area contributed by atoms with Gasteiger partial charge in [0, 0.05) is 24.0 Å². The first-order valence-corrected chi connectivity index (χ1v) is 4.65. The first-order chi connectivity index (χ1) is 6.15. The fourth-order valence-corrected chi connectivity index (χ4v) is 1.17. The van der Waals surface area contributed by atoms with Crippen molar-refractivity contribution in [3.63, 3.8) is 0 Å². The van der Waals surface area contributed by atoms with E-state index in [4.69, 9.17) is 4.74 Å². The number of anilines is 1. The van der Waals surface area contributed by atoms with Gasteiger partial charge in [0.15, 0.2) is 0 Å². The van der Waals surface area contributed by atoms with Gasteiger partial charge in [-0.05, 0) is 24.3 Å². The van der Waals surface area contributed by atoms with Gasteiger partial charge in [0.2, 0.25) is 0 Å². The maximum Gasteiger partial charge on any atom is 0.119 e. The third-order valence-corrected chi connectivity index (χ3v) is 2.32. The lowest BCUT2D eigenvalue weighted by molar-refractivity contribution is 0.415. The van der Waals surface area contributed by atoms with Gasteiger partial charge in [0.25, 0.3) is 0 Å². The Labute approximate surface area is 79.5 Å². The minimum Gasteiger partial charge on any atom is -0.755 e. The topological polar surface area (TPSA) is 52.6 Å². The van der Waals surface area contributed by atoms with Crippen molar-refractivity contribution in [3.05, 3.63) is 24.3 Å². The molecular formula is C8H10NO3S-. The molecule has 0 N–H and O–H groups in total. The van der Waals surface area contributed by atoms with Crippen LogP contribution in [0.15, 0.2) is 24.3 Å². The highest BCUT2D eigenvalue weighted by molar-refractivity contribution is 7.80. The van der Waals surface area contributed by atoms with E-state index < -0.39 is 11.3 Å². The van der Waals surface area contributed by atoms with E-state index in [0.717, 1.165) is 4.31 Å². The summed E-state index contributed by atoms with van der Waals surface area (Å²) in [5, 5.41) is 0. The summed E-state index contributed by atoms with van der Waals surface area (Å²) in [5.74, 6) is 0.703. The molecule has 0 amide bonds. The van der Waals surface area contributed by atoms with Gasteiger partial charge in [-0.15, -0.1) is 0 Å². The van der Waals surface area contributed by atoms with Crippen LogP contribution in [0.4, 0.5) is 5.69 Å². The summed E-state index contributed by atoms with van der Waals surface area (Å²) in [6.45, 7) is 0. The molecule has 1 rings (SSSR count). The molecular weight excluding hydrogens is 190 g/mol. The highest BCUT2D eigenvalue weighted by Crippen LogP contribution is 2.18. The van der Waals surface area contributed by atoms with Crippen LogP contribution in [-0.2, 0) is 11.3 Å². The number of hydrogen-bond acceptors (Lipinski definition) is 3. The van der Waals surface area contributed by atoms with Gasteiger partial charge >= 0.3 is 0 Å². The molecule has 1 unspecified atom stereocenters. The number of rotatable bonds is 3. The van der Waals surface area contributed by atoms with Gasteiger partial charge in [0.05, 0.1) is 7.11 Å². The van der Waals surface area contributed by atoms with Gasteiger partial charge in [0.1, 0.15) is 5.75 Å². The van der Waals surface area contributed by atoms with E-state index in [1.807, 2.05) is 0 Å². The van der Waals surface area contributed by atoms with Crippen LogP contribution in [0.5, 0.6) is 5.75 Å². The van der Waals surface area contributed by atoms with E-state index in [1.165, 1.54) is 7.05 Å². The zero-order chi connectivity index (χ0) is 9.84. The van der Waals surface area contributed by atoms with Crippen molar-refractivity contribution in [2.75, 3.05) is 18.5 Å². The number of ether oxygens (including phenoxy) is 1. The van der Waals surface area contributed by atoms with Gasteiger partial charge in [-0.1, -0.05) is 0 Å². The van der Waals surface area contributed by atoms with Crippen molar-refractivity contribution < 1.29 is 13.5 Å². The molecule has 0 saturated heterocycles. The molecule has 4 nitrogen and oxygen atoms in total. The Morgan fingerprint density at radius 1 is 1.38 bits per heavy atom. The van der Waals surface area contributed by atoms with E-state index in [2.05, 4.69) is 0 Å². The van der Waals surface area contributed by atoms with Crippen molar-refractivity contribution >= 4 is 17.0 Å². The van der Waals surface area contributed by atoms with Crippen LogP contribution < -0.4 is 9.04 Å². The maximum atomic E-state index is 10.5. The molecule has 1 aromatic rings. The third kappa shape index (κ3) is 2.43. The second-order valence-electron chi connectivity index (χ2n) is 2.41.